The number of hydrogen-bond acceptors (Lipinski definition) is 6. The molecule has 0 N–H and O–H groups in total. The minimum absolute atomic E-state index is 0.00718. The first-order valence-electron chi connectivity index (χ1n) is 9.22. The van der Waals surface area contributed by atoms with E-state index in [0.29, 0.717) is 18.7 Å². The number of rotatable bonds is 2. The number of anilines is 1. The summed E-state index contributed by atoms with van der Waals surface area (Å²) in [4.78, 5) is 34.5. The molecular weight excluding hydrogens is 354 g/mol. The largest absolute Gasteiger partial charge is 0.352 e. The van der Waals surface area contributed by atoms with Crippen LogP contribution in [0.1, 0.15) is 10.4 Å². The number of hydrogen-bond donors (Lipinski definition) is 0. The molecule has 4 heterocycles. The molecule has 1 aromatic carbocycles. The Kier molecular flexibility index (Phi) is 3.89. The molecule has 4 aromatic rings. The van der Waals surface area contributed by atoms with Gasteiger partial charge in [-0.05, 0) is 18.2 Å². The van der Waals surface area contributed by atoms with Crippen LogP contribution in [0.15, 0.2) is 49.2 Å². The van der Waals surface area contributed by atoms with Crippen molar-refractivity contribution in [2.75, 3.05) is 31.1 Å². The smallest absolute Gasteiger partial charge is 0.255 e. The summed E-state index contributed by atoms with van der Waals surface area (Å²) in [5.74, 6) is 0.918. The van der Waals surface area contributed by atoms with E-state index < -0.39 is 0 Å². The van der Waals surface area contributed by atoms with Crippen molar-refractivity contribution in [3.8, 4) is 0 Å². The molecule has 0 unspecified atom stereocenters. The lowest BCUT2D eigenvalue weighted by Gasteiger charge is -2.35. The summed E-state index contributed by atoms with van der Waals surface area (Å²) in [5.41, 5.74) is 3.02. The minimum atomic E-state index is -0.00718. The molecule has 0 saturated carbocycles. The monoisotopic (exact) mass is 373 g/mol. The second-order valence-electron chi connectivity index (χ2n) is 6.92. The Hall–Kier alpha value is -3.55. The van der Waals surface area contributed by atoms with Gasteiger partial charge in [-0.1, -0.05) is 12.1 Å². The predicted molar refractivity (Wildman–Crippen MR) is 106 cm³/mol. The van der Waals surface area contributed by atoms with E-state index >= 15 is 0 Å². The van der Waals surface area contributed by atoms with Crippen molar-refractivity contribution >= 4 is 33.8 Å². The van der Waals surface area contributed by atoms with E-state index in [1.165, 1.54) is 0 Å². The fourth-order valence-electron chi connectivity index (χ4n) is 3.68. The molecule has 1 aliphatic heterocycles. The maximum Gasteiger partial charge on any atom is 0.255 e. The molecule has 0 aliphatic carbocycles. The summed E-state index contributed by atoms with van der Waals surface area (Å²) in [6.07, 6.45) is 4.94. The molecule has 28 heavy (non-hydrogen) atoms. The number of piperazine rings is 1. The zero-order chi connectivity index (χ0) is 19.1. The number of carbonyl (C=O) groups is 1. The van der Waals surface area contributed by atoms with Gasteiger partial charge in [0.25, 0.3) is 5.91 Å². The highest BCUT2D eigenvalue weighted by Crippen LogP contribution is 2.24. The highest BCUT2D eigenvalue weighted by atomic mass is 16.2. The lowest BCUT2D eigenvalue weighted by Crippen LogP contribution is -2.49. The van der Waals surface area contributed by atoms with Gasteiger partial charge >= 0.3 is 0 Å². The Morgan fingerprint density at radius 3 is 2.64 bits per heavy atom. The Bertz CT molecular complexity index is 1170. The Balaban J connectivity index is 1.34. The maximum atomic E-state index is 12.9. The summed E-state index contributed by atoms with van der Waals surface area (Å²) in [5, 5.41) is 1.04. The van der Waals surface area contributed by atoms with Crippen LogP contribution in [0, 0.1) is 0 Å². The van der Waals surface area contributed by atoms with Crippen molar-refractivity contribution in [3.05, 3.63) is 54.7 Å². The Morgan fingerprint density at radius 2 is 1.79 bits per heavy atom. The summed E-state index contributed by atoms with van der Waals surface area (Å²) in [6, 6.07) is 9.81. The molecule has 5 rings (SSSR count). The SMILES string of the molecule is Cn1cnc2cc(C(=O)N3CCN(c4ncnc5ccccc45)CC3)cnc21. The van der Waals surface area contributed by atoms with E-state index in [-0.39, 0.29) is 5.91 Å². The number of nitrogens with zero attached hydrogens (tertiary/aromatic N) is 7. The number of benzene rings is 1. The first-order chi connectivity index (χ1) is 13.7. The summed E-state index contributed by atoms with van der Waals surface area (Å²) < 4.78 is 1.84. The zero-order valence-electron chi connectivity index (χ0n) is 15.5. The second-order valence-corrected chi connectivity index (χ2v) is 6.92. The average molecular weight is 373 g/mol. The quantitative estimate of drug-likeness (QED) is 0.534. The Labute approximate surface area is 161 Å². The number of aryl methyl sites for hydroxylation is 1. The molecule has 140 valence electrons. The number of pyridine rings is 1. The van der Waals surface area contributed by atoms with Crippen LogP contribution in [0.25, 0.3) is 22.1 Å². The molecule has 1 saturated heterocycles. The average Bonchev–Trinajstić information content (AvgIpc) is 3.13. The van der Waals surface area contributed by atoms with Crippen molar-refractivity contribution in [2.24, 2.45) is 7.05 Å². The number of aromatic nitrogens is 5. The van der Waals surface area contributed by atoms with Gasteiger partial charge in [0, 0.05) is 44.8 Å². The lowest BCUT2D eigenvalue weighted by atomic mass is 10.2. The van der Waals surface area contributed by atoms with Crippen LogP contribution in [0.5, 0.6) is 0 Å². The van der Waals surface area contributed by atoms with Crippen LogP contribution in [-0.2, 0) is 7.05 Å². The van der Waals surface area contributed by atoms with Gasteiger partial charge in [-0.2, -0.15) is 0 Å². The first-order valence-corrected chi connectivity index (χ1v) is 9.22. The zero-order valence-corrected chi connectivity index (χ0v) is 15.5. The Morgan fingerprint density at radius 1 is 0.964 bits per heavy atom. The number of amides is 1. The topological polar surface area (TPSA) is 80.0 Å². The van der Waals surface area contributed by atoms with E-state index in [1.807, 2.05) is 46.8 Å². The van der Waals surface area contributed by atoms with Crippen molar-refractivity contribution in [2.45, 2.75) is 0 Å². The summed E-state index contributed by atoms with van der Waals surface area (Å²) in [7, 11) is 1.89. The minimum Gasteiger partial charge on any atom is -0.352 e. The van der Waals surface area contributed by atoms with Gasteiger partial charge in [-0.25, -0.2) is 19.9 Å². The van der Waals surface area contributed by atoms with Crippen LogP contribution >= 0.6 is 0 Å². The van der Waals surface area contributed by atoms with E-state index in [0.717, 1.165) is 41.0 Å². The number of imidazole rings is 1. The molecule has 1 amide bonds. The molecule has 3 aromatic heterocycles. The van der Waals surface area contributed by atoms with Crippen LogP contribution in [0.3, 0.4) is 0 Å². The lowest BCUT2D eigenvalue weighted by molar-refractivity contribution is 0.0746. The highest BCUT2D eigenvalue weighted by molar-refractivity contribution is 5.96. The van der Waals surface area contributed by atoms with Crippen molar-refractivity contribution in [1.29, 1.82) is 0 Å². The van der Waals surface area contributed by atoms with E-state index in [1.54, 1.807) is 18.9 Å². The normalized spacial score (nSPS) is 14.8. The molecule has 8 heteroatoms. The van der Waals surface area contributed by atoms with Crippen LogP contribution in [0.2, 0.25) is 0 Å². The van der Waals surface area contributed by atoms with Crippen molar-refractivity contribution in [3.63, 3.8) is 0 Å². The number of fused-ring (bicyclic) bond motifs is 2. The van der Waals surface area contributed by atoms with Gasteiger partial charge in [0.2, 0.25) is 0 Å². The predicted octanol–water partition coefficient (Wildman–Crippen LogP) is 1.87. The van der Waals surface area contributed by atoms with Gasteiger partial charge < -0.3 is 14.4 Å². The van der Waals surface area contributed by atoms with E-state index in [9.17, 15) is 4.79 Å². The van der Waals surface area contributed by atoms with E-state index in [4.69, 9.17) is 0 Å². The van der Waals surface area contributed by atoms with Crippen molar-refractivity contribution in [1.82, 2.24) is 29.4 Å². The third-order valence-electron chi connectivity index (χ3n) is 5.19. The standard InChI is InChI=1S/C20H19N7O/c1-25-13-24-17-10-14(11-21-19(17)25)20(28)27-8-6-26(7-9-27)18-15-4-2-3-5-16(15)22-12-23-18/h2-5,10-13H,6-9H2,1H3. The van der Waals surface area contributed by atoms with Gasteiger partial charge in [-0.3, -0.25) is 4.79 Å². The van der Waals surface area contributed by atoms with Gasteiger partial charge in [-0.15, -0.1) is 0 Å². The third kappa shape index (κ3) is 2.74. The highest BCUT2D eigenvalue weighted by Gasteiger charge is 2.24. The summed E-state index contributed by atoms with van der Waals surface area (Å²) >= 11 is 0. The molecule has 1 aliphatic rings. The van der Waals surface area contributed by atoms with Crippen molar-refractivity contribution < 1.29 is 4.79 Å². The van der Waals surface area contributed by atoms with Crippen LogP contribution < -0.4 is 4.90 Å². The van der Waals surface area contributed by atoms with E-state index in [2.05, 4.69) is 24.8 Å². The van der Waals surface area contributed by atoms with Gasteiger partial charge in [0.15, 0.2) is 5.65 Å². The maximum absolute atomic E-state index is 12.9. The number of para-hydroxylation sites is 1. The second kappa shape index (κ2) is 6.56. The fraction of sp³-hybridized carbons (Fsp3) is 0.250. The number of carbonyl (C=O) groups excluding carboxylic acids is 1. The fourth-order valence-corrected chi connectivity index (χ4v) is 3.68. The molecule has 8 nitrogen and oxygen atoms in total. The third-order valence-corrected chi connectivity index (χ3v) is 5.19. The molecule has 1 fully saturated rings. The molecule has 0 spiro atoms. The van der Waals surface area contributed by atoms with Crippen LogP contribution in [-0.4, -0.2) is 61.5 Å². The summed E-state index contributed by atoms with van der Waals surface area (Å²) in [6.45, 7) is 2.73. The van der Waals surface area contributed by atoms with Gasteiger partial charge in [0.1, 0.15) is 17.7 Å². The van der Waals surface area contributed by atoms with Crippen LogP contribution in [0.4, 0.5) is 5.82 Å². The van der Waals surface area contributed by atoms with Gasteiger partial charge in [0.05, 0.1) is 17.4 Å². The molecule has 0 radical (unpaired) electrons. The first kappa shape index (κ1) is 16.6. The molecule has 0 atom stereocenters. The molecule has 0 bridgehead atoms. The molecular formula is C20H19N7O.